The van der Waals surface area contributed by atoms with Gasteiger partial charge in [-0.15, -0.1) is 0 Å². The first-order valence-corrected chi connectivity index (χ1v) is 6.39. The van der Waals surface area contributed by atoms with Gasteiger partial charge in [-0.2, -0.15) is 0 Å². The lowest BCUT2D eigenvalue weighted by atomic mass is 10.2. The van der Waals surface area contributed by atoms with Crippen molar-refractivity contribution in [3.8, 4) is 5.75 Å². The van der Waals surface area contributed by atoms with E-state index in [-0.39, 0.29) is 5.91 Å². The van der Waals surface area contributed by atoms with E-state index < -0.39 is 6.10 Å². The molecule has 1 unspecified atom stereocenters. The highest BCUT2D eigenvalue weighted by molar-refractivity contribution is 5.81. The summed E-state index contributed by atoms with van der Waals surface area (Å²) in [5.74, 6) is 0.754. The number of rotatable bonds is 3. The minimum atomic E-state index is -0.455. The molecule has 4 nitrogen and oxygen atoms in total. The number of anilines is 1. The van der Waals surface area contributed by atoms with Gasteiger partial charge in [-0.1, -0.05) is 6.07 Å². The number of nitrogens with two attached hydrogens (primary N) is 1. The predicted octanol–water partition coefficient (Wildman–Crippen LogP) is 1.97. The second-order valence-electron chi connectivity index (χ2n) is 4.82. The highest BCUT2D eigenvalue weighted by Crippen LogP contribution is 2.22. The van der Waals surface area contributed by atoms with Crippen molar-refractivity contribution in [1.29, 1.82) is 0 Å². The summed E-state index contributed by atoms with van der Waals surface area (Å²) < 4.78 is 5.73. The maximum Gasteiger partial charge on any atom is 0.263 e. The normalized spacial score (nSPS) is 16.7. The standard InChI is InChI=1S/C14H20N2O2/c1-10-5-6-12(15)9-13(10)18-11(2)14(17)16-7-3-4-8-16/h5-6,9,11H,3-4,7-8,15H2,1-2H3. The van der Waals surface area contributed by atoms with Gasteiger partial charge in [0.2, 0.25) is 0 Å². The van der Waals surface area contributed by atoms with Gasteiger partial charge in [0.15, 0.2) is 6.10 Å². The fourth-order valence-corrected chi connectivity index (χ4v) is 2.18. The lowest BCUT2D eigenvalue weighted by Crippen LogP contribution is -2.38. The minimum absolute atomic E-state index is 0.0642. The number of hydrogen-bond donors (Lipinski definition) is 1. The summed E-state index contributed by atoms with van der Waals surface area (Å²) >= 11 is 0. The smallest absolute Gasteiger partial charge is 0.263 e. The Labute approximate surface area is 108 Å². The number of ether oxygens (including phenoxy) is 1. The van der Waals surface area contributed by atoms with Crippen molar-refractivity contribution >= 4 is 11.6 Å². The van der Waals surface area contributed by atoms with Crippen LogP contribution in [0.15, 0.2) is 18.2 Å². The van der Waals surface area contributed by atoms with Crippen LogP contribution in [0.5, 0.6) is 5.75 Å². The van der Waals surface area contributed by atoms with Gasteiger partial charge in [-0.3, -0.25) is 4.79 Å². The van der Waals surface area contributed by atoms with Crippen LogP contribution >= 0.6 is 0 Å². The monoisotopic (exact) mass is 248 g/mol. The van der Waals surface area contributed by atoms with Gasteiger partial charge in [0.05, 0.1) is 0 Å². The Bertz CT molecular complexity index is 439. The molecule has 1 amide bonds. The molecule has 1 aromatic rings. The molecule has 1 aliphatic heterocycles. The molecule has 1 atom stereocenters. The van der Waals surface area contributed by atoms with E-state index in [9.17, 15) is 4.79 Å². The number of hydrogen-bond acceptors (Lipinski definition) is 3. The number of nitrogens with zero attached hydrogens (tertiary/aromatic N) is 1. The van der Waals surface area contributed by atoms with E-state index in [1.54, 1.807) is 13.0 Å². The van der Waals surface area contributed by atoms with Gasteiger partial charge < -0.3 is 15.4 Å². The van der Waals surface area contributed by atoms with Gasteiger partial charge in [-0.05, 0) is 38.3 Å². The van der Waals surface area contributed by atoms with E-state index in [2.05, 4.69) is 0 Å². The molecule has 18 heavy (non-hydrogen) atoms. The summed E-state index contributed by atoms with van der Waals surface area (Å²) in [5, 5.41) is 0. The topological polar surface area (TPSA) is 55.6 Å². The van der Waals surface area contributed by atoms with E-state index in [4.69, 9.17) is 10.5 Å². The van der Waals surface area contributed by atoms with Gasteiger partial charge in [0, 0.05) is 24.8 Å². The maximum absolute atomic E-state index is 12.1. The summed E-state index contributed by atoms with van der Waals surface area (Å²) in [4.78, 5) is 14.0. The number of amides is 1. The Hall–Kier alpha value is -1.71. The number of likely N-dealkylation sites (tertiary alicyclic amines) is 1. The molecule has 1 heterocycles. The molecule has 0 aliphatic carbocycles. The van der Waals surface area contributed by atoms with Crippen LogP contribution in [0, 0.1) is 6.92 Å². The number of benzene rings is 1. The summed E-state index contributed by atoms with van der Waals surface area (Å²) in [5.41, 5.74) is 7.37. The van der Waals surface area contributed by atoms with Crippen LogP contribution in [0.3, 0.4) is 0 Å². The molecule has 98 valence electrons. The largest absolute Gasteiger partial charge is 0.481 e. The van der Waals surface area contributed by atoms with Gasteiger partial charge in [0.25, 0.3) is 5.91 Å². The Balaban J connectivity index is 2.03. The van der Waals surface area contributed by atoms with Crippen molar-refractivity contribution < 1.29 is 9.53 Å². The van der Waals surface area contributed by atoms with Crippen molar-refractivity contribution in [1.82, 2.24) is 4.90 Å². The molecule has 2 rings (SSSR count). The number of aryl methyl sites for hydroxylation is 1. The molecule has 1 fully saturated rings. The molecule has 0 bridgehead atoms. The van der Waals surface area contributed by atoms with Gasteiger partial charge >= 0.3 is 0 Å². The Morgan fingerprint density at radius 2 is 2.06 bits per heavy atom. The minimum Gasteiger partial charge on any atom is -0.481 e. The van der Waals surface area contributed by atoms with E-state index in [1.165, 1.54) is 0 Å². The van der Waals surface area contributed by atoms with Crippen molar-refractivity contribution in [3.05, 3.63) is 23.8 Å². The first-order chi connectivity index (χ1) is 8.58. The molecule has 1 saturated heterocycles. The van der Waals surface area contributed by atoms with Crippen molar-refractivity contribution in [3.63, 3.8) is 0 Å². The second kappa shape index (κ2) is 5.29. The molecule has 0 spiro atoms. The lowest BCUT2D eigenvalue weighted by Gasteiger charge is -2.22. The summed E-state index contributed by atoms with van der Waals surface area (Å²) in [6.07, 6.45) is 1.73. The van der Waals surface area contributed by atoms with Crippen LogP contribution in [0.4, 0.5) is 5.69 Å². The van der Waals surface area contributed by atoms with Gasteiger partial charge in [-0.25, -0.2) is 0 Å². The van der Waals surface area contributed by atoms with Crippen LogP contribution in [0.25, 0.3) is 0 Å². The summed E-state index contributed by atoms with van der Waals surface area (Å²) in [6, 6.07) is 5.50. The quantitative estimate of drug-likeness (QED) is 0.832. The molecule has 0 saturated carbocycles. The zero-order chi connectivity index (χ0) is 13.1. The Morgan fingerprint density at radius 3 is 2.72 bits per heavy atom. The fourth-order valence-electron chi connectivity index (χ4n) is 2.18. The molecular weight excluding hydrogens is 228 g/mol. The molecule has 0 radical (unpaired) electrons. The zero-order valence-electron chi connectivity index (χ0n) is 11.0. The SMILES string of the molecule is Cc1ccc(N)cc1OC(C)C(=O)N1CCCC1. The zero-order valence-corrected chi connectivity index (χ0v) is 11.0. The highest BCUT2D eigenvalue weighted by Gasteiger charge is 2.24. The lowest BCUT2D eigenvalue weighted by molar-refractivity contribution is -0.136. The molecule has 1 aliphatic rings. The summed E-state index contributed by atoms with van der Waals surface area (Å²) in [6.45, 7) is 5.44. The van der Waals surface area contributed by atoms with Crippen molar-refractivity contribution in [2.75, 3.05) is 18.8 Å². The number of carbonyl (C=O) groups is 1. The molecule has 1 aromatic carbocycles. The Morgan fingerprint density at radius 1 is 1.39 bits per heavy atom. The fraction of sp³-hybridized carbons (Fsp3) is 0.500. The molecular formula is C14H20N2O2. The van der Waals surface area contributed by atoms with E-state index in [0.717, 1.165) is 31.5 Å². The third kappa shape index (κ3) is 2.75. The number of carbonyl (C=O) groups excluding carboxylic acids is 1. The first-order valence-electron chi connectivity index (χ1n) is 6.39. The van der Waals surface area contributed by atoms with Crippen LogP contribution < -0.4 is 10.5 Å². The molecule has 2 N–H and O–H groups in total. The molecule has 0 aromatic heterocycles. The van der Waals surface area contributed by atoms with Crippen LogP contribution in [0.1, 0.15) is 25.3 Å². The van der Waals surface area contributed by atoms with Gasteiger partial charge in [0.1, 0.15) is 5.75 Å². The predicted molar refractivity (Wildman–Crippen MR) is 71.5 cm³/mol. The Kier molecular flexibility index (Phi) is 3.75. The maximum atomic E-state index is 12.1. The van der Waals surface area contributed by atoms with Crippen LogP contribution in [-0.2, 0) is 4.79 Å². The third-order valence-corrected chi connectivity index (χ3v) is 3.28. The van der Waals surface area contributed by atoms with Crippen molar-refractivity contribution in [2.24, 2.45) is 0 Å². The first kappa shape index (κ1) is 12.7. The van der Waals surface area contributed by atoms with E-state index >= 15 is 0 Å². The summed E-state index contributed by atoms with van der Waals surface area (Å²) in [7, 11) is 0. The van der Waals surface area contributed by atoms with E-state index in [1.807, 2.05) is 24.0 Å². The van der Waals surface area contributed by atoms with Crippen molar-refractivity contribution in [2.45, 2.75) is 32.8 Å². The second-order valence-corrected chi connectivity index (χ2v) is 4.82. The average Bonchev–Trinajstić information content (AvgIpc) is 2.86. The molecule has 4 heteroatoms. The highest BCUT2D eigenvalue weighted by atomic mass is 16.5. The van der Waals surface area contributed by atoms with Crippen LogP contribution in [-0.4, -0.2) is 30.0 Å². The number of nitrogen functional groups attached to an aromatic ring is 1. The average molecular weight is 248 g/mol. The van der Waals surface area contributed by atoms with Crippen LogP contribution in [0.2, 0.25) is 0 Å². The van der Waals surface area contributed by atoms with E-state index in [0.29, 0.717) is 11.4 Å². The third-order valence-electron chi connectivity index (χ3n) is 3.28.